The van der Waals surface area contributed by atoms with Crippen LogP contribution in [0.1, 0.15) is 58.6 Å². The molecule has 1 aliphatic carbocycles. The lowest BCUT2D eigenvalue weighted by molar-refractivity contribution is 0.130. The quantitative estimate of drug-likeness (QED) is 0.744. The number of rotatable bonds is 5. The van der Waals surface area contributed by atoms with Crippen molar-refractivity contribution >= 4 is 5.82 Å². The molecule has 3 N–H and O–H groups in total. The Labute approximate surface area is 193 Å². The van der Waals surface area contributed by atoms with E-state index in [1.807, 2.05) is 0 Å². The first-order valence-electron chi connectivity index (χ1n) is 12.1. The Bertz CT molecular complexity index is 944. The molecule has 32 heavy (non-hydrogen) atoms. The van der Waals surface area contributed by atoms with Gasteiger partial charge in [-0.3, -0.25) is 4.90 Å². The summed E-state index contributed by atoms with van der Waals surface area (Å²) >= 11 is 0. The Morgan fingerprint density at radius 3 is 2.28 bits per heavy atom. The van der Waals surface area contributed by atoms with Gasteiger partial charge in [0.1, 0.15) is 5.82 Å². The van der Waals surface area contributed by atoms with Gasteiger partial charge in [0.05, 0.1) is 11.8 Å². The lowest BCUT2D eigenvalue weighted by atomic mass is 9.63. The fourth-order valence-corrected chi connectivity index (χ4v) is 5.12. The van der Waals surface area contributed by atoms with Crippen LogP contribution in [0.2, 0.25) is 0 Å². The zero-order valence-electron chi connectivity index (χ0n) is 20.4. The van der Waals surface area contributed by atoms with Gasteiger partial charge in [0, 0.05) is 44.3 Å². The molecule has 2 aliphatic rings. The average molecular weight is 437 g/mol. The molecule has 1 aromatic heterocycles. The molecule has 0 spiro atoms. The Morgan fingerprint density at radius 1 is 0.969 bits per heavy atom. The molecule has 1 saturated heterocycles. The highest BCUT2D eigenvalue weighted by atomic mass is 16.3. The van der Waals surface area contributed by atoms with Crippen molar-refractivity contribution in [3.05, 3.63) is 47.5 Å². The van der Waals surface area contributed by atoms with Gasteiger partial charge >= 0.3 is 0 Å². The standard InChI is InChI=1S/C27H40N4O/c1-19(32)23(28)18-30-13-15-31(16-14-30)25-8-6-7-24(29-25)20-9-10-21-22(17-20)27(4,5)12-11-26(21,2)3/h6-10,17,19,23,32H,11-16,18,28H2,1-5H3/t19-,23-/m1/s1. The summed E-state index contributed by atoms with van der Waals surface area (Å²) in [6, 6.07) is 13.2. The number of nitrogens with zero attached hydrogens (tertiary/aromatic N) is 3. The zero-order valence-corrected chi connectivity index (χ0v) is 20.4. The number of hydrogen-bond donors (Lipinski definition) is 2. The van der Waals surface area contributed by atoms with Crippen LogP contribution in [0.3, 0.4) is 0 Å². The smallest absolute Gasteiger partial charge is 0.129 e. The second kappa shape index (κ2) is 8.77. The molecule has 0 bridgehead atoms. The lowest BCUT2D eigenvalue weighted by Crippen LogP contribution is -2.52. The van der Waals surface area contributed by atoms with Crippen LogP contribution in [-0.4, -0.2) is 59.9 Å². The Morgan fingerprint density at radius 2 is 1.62 bits per heavy atom. The summed E-state index contributed by atoms with van der Waals surface area (Å²) in [7, 11) is 0. The number of aliphatic hydroxyl groups is 1. The van der Waals surface area contributed by atoms with E-state index in [0.29, 0.717) is 0 Å². The molecule has 0 radical (unpaired) electrons. The molecule has 2 atom stereocenters. The van der Waals surface area contributed by atoms with E-state index < -0.39 is 6.10 Å². The highest BCUT2D eigenvalue weighted by Gasteiger charge is 2.37. The summed E-state index contributed by atoms with van der Waals surface area (Å²) in [6.45, 7) is 15.7. The van der Waals surface area contributed by atoms with E-state index in [9.17, 15) is 5.11 Å². The molecule has 1 aliphatic heterocycles. The second-order valence-electron chi connectivity index (χ2n) is 11.1. The molecule has 0 amide bonds. The number of aliphatic hydroxyl groups excluding tert-OH is 1. The van der Waals surface area contributed by atoms with Crippen molar-refractivity contribution in [3.63, 3.8) is 0 Å². The number of hydrogen-bond acceptors (Lipinski definition) is 5. The fourth-order valence-electron chi connectivity index (χ4n) is 5.12. The third-order valence-electron chi connectivity index (χ3n) is 7.67. The van der Waals surface area contributed by atoms with Crippen molar-refractivity contribution in [1.82, 2.24) is 9.88 Å². The largest absolute Gasteiger partial charge is 0.392 e. The van der Waals surface area contributed by atoms with Crippen LogP contribution < -0.4 is 10.6 Å². The highest BCUT2D eigenvalue weighted by Crippen LogP contribution is 2.46. The first kappa shape index (κ1) is 23.2. The van der Waals surface area contributed by atoms with Crippen LogP contribution in [0.15, 0.2) is 36.4 Å². The van der Waals surface area contributed by atoms with Gasteiger partial charge in [0.15, 0.2) is 0 Å². The third-order valence-corrected chi connectivity index (χ3v) is 7.67. The predicted molar refractivity (Wildman–Crippen MR) is 133 cm³/mol. The van der Waals surface area contributed by atoms with Gasteiger partial charge in [-0.25, -0.2) is 4.98 Å². The van der Waals surface area contributed by atoms with Crippen LogP contribution in [0.4, 0.5) is 5.82 Å². The molecule has 0 saturated carbocycles. The number of benzene rings is 1. The molecule has 2 aromatic rings. The molecule has 1 aromatic carbocycles. The van der Waals surface area contributed by atoms with Gasteiger partial charge in [0.25, 0.3) is 0 Å². The van der Waals surface area contributed by atoms with Crippen LogP contribution in [0.25, 0.3) is 11.3 Å². The van der Waals surface area contributed by atoms with Crippen molar-refractivity contribution in [2.45, 2.75) is 70.4 Å². The van der Waals surface area contributed by atoms with E-state index in [1.165, 1.54) is 29.5 Å². The zero-order chi connectivity index (χ0) is 23.1. The van der Waals surface area contributed by atoms with Crippen molar-refractivity contribution in [3.8, 4) is 11.3 Å². The maximum absolute atomic E-state index is 9.68. The van der Waals surface area contributed by atoms with E-state index in [4.69, 9.17) is 10.7 Å². The SMILES string of the molecule is C[C@@H](O)[C@H](N)CN1CCN(c2cccc(-c3ccc4c(c3)C(C)(C)CCC4(C)C)n2)CC1. The summed E-state index contributed by atoms with van der Waals surface area (Å²) in [5, 5.41) is 9.68. The minimum absolute atomic E-state index is 0.193. The number of aromatic nitrogens is 1. The summed E-state index contributed by atoms with van der Waals surface area (Å²) in [6.07, 6.45) is 1.97. The van der Waals surface area contributed by atoms with Crippen LogP contribution in [0, 0.1) is 0 Å². The number of piperazine rings is 1. The van der Waals surface area contributed by atoms with Crippen LogP contribution in [-0.2, 0) is 10.8 Å². The van der Waals surface area contributed by atoms with Gasteiger partial charge < -0.3 is 15.7 Å². The maximum Gasteiger partial charge on any atom is 0.129 e. The first-order chi connectivity index (χ1) is 15.1. The normalized spacial score (nSPS) is 22.3. The monoisotopic (exact) mass is 436 g/mol. The van der Waals surface area contributed by atoms with E-state index in [1.54, 1.807) is 6.92 Å². The molecule has 0 unspecified atom stereocenters. The molecule has 5 heteroatoms. The molecule has 174 valence electrons. The number of pyridine rings is 1. The van der Waals surface area contributed by atoms with Gasteiger partial charge in [0.2, 0.25) is 0 Å². The van der Waals surface area contributed by atoms with Crippen molar-refractivity contribution in [2.24, 2.45) is 5.73 Å². The minimum atomic E-state index is -0.474. The summed E-state index contributed by atoms with van der Waals surface area (Å²) in [5.74, 6) is 1.04. The van der Waals surface area contributed by atoms with Gasteiger partial charge in [-0.15, -0.1) is 0 Å². The topological polar surface area (TPSA) is 65.6 Å². The fraction of sp³-hybridized carbons (Fsp3) is 0.593. The summed E-state index contributed by atoms with van der Waals surface area (Å²) in [4.78, 5) is 9.76. The Hall–Kier alpha value is -1.95. The first-order valence-corrected chi connectivity index (χ1v) is 12.1. The van der Waals surface area contributed by atoms with E-state index in [0.717, 1.165) is 44.2 Å². The predicted octanol–water partition coefficient (Wildman–Crippen LogP) is 3.93. The minimum Gasteiger partial charge on any atom is -0.392 e. The maximum atomic E-state index is 9.68. The molecule has 5 nitrogen and oxygen atoms in total. The van der Waals surface area contributed by atoms with Crippen LogP contribution >= 0.6 is 0 Å². The molecular formula is C27H40N4O. The molecule has 2 heterocycles. The molecular weight excluding hydrogens is 396 g/mol. The van der Waals surface area contributed by atoms with Crippen molar-refractivity contribution in [1.29, 1.82) is 0 Å². The van der Waals surface area contributed by atoms with E-state index in [2.05, 4.69) is 73.9 Å². The summed E-state index contributed by atoms with van der Waals surface area (Å²) < 4.78 is 0. The number of nitrogens with two attached hydrogens (primary N) is 1. The Balaban J connectivity index is 1.52. The average Bonchev–Trinajstić information content (AvgIpc) is 2.77. The molecule has 4 rings (SSSR count). The van der Waals surface area contributed by atoms with Crippen molar-refractivity contribution in [2.75, 3.05) is 37.6 Å². The van der Waals surface area contributed by atoms with E-state index >= 15 is 0 Å². The van der Waals surface area contributed by atoms with Gasteiger partial charge in [-0.05, 0) is 59.9 Å². The Kier molecular flexibility index (Phi) is 6.36. The molecule has 1 fully saturated rings. The second-order valence-corrected chi connectivity index (χ2v) is 11.1. The van der Waals surface area contributed by atoms with E-state index in [-0.39, 0.29) is 16.9 Å². The number of fused-ring (bicyclic) bond motifs is 1. The van der Waals surface area contributed by atoms with Gasteiger partial charge in [-0.2, -0.15) is 0 Å². The number of anilines is 1. The third kappa shape index (κ3) is 4.70. The van der Waals surface area contributed by atoms with Gasteiger partial charge in [-0.1, -0.05) is 45.9 Å². The summed E-state index contributed by atoms with van der Waals surface area (Å²) in [5.41, 5.74) is 11.7. The van der Waals surface area contributed by atoms with Crippen LogP contribution in [0.5, 0.6) is 0 Å². The highest BCUT2D eigenvalue weighted by molar-refractivity contribution is 5.65. The lowest BCUT2D eigenvalue weighted by Gasteiger charge is -2.42. The van der Waals surface area contributed by atoms with Crippen molar-refractivity contribution < 1.29 is 5.11 Å².